The summed E-state index contributed by atoms with van der Waals surface area (Å²) < 4.78 is 0. The highest BCUT2D eigenvalue weighted by atomic mass is 16.2. The number of anilines is 2. The van der Waals surface area contributed by atoms with Gasteiger partial charge in [0.25, 0.3) is 5.91 Å². The summed E-state index contributed by atoms with van der Waals surface area (Å²) in [6, 6.07) is 15.9. The van der Waals surface area contributed by atoms with Crippen LogP contribution in [0.2, 0.25) is 0 Å². The van der Waals surface area contributed by atoms with Gasteiger partial charge in [0.2, 0.25) is 5.91 Å². The highest BCUT2D eigenvalue weighted by Gasteiger charge is 2.49. The largest absolute Gasteiger partial charge is 0.317 e. The number of rotatable bonds is 5. The molecule has 0 bridgehead atoms. The Labute approximate surface area is 209 Å². The van der Waals surface area contributed by atoms with Crippen LogP contribution >= 0.6 is 0 Å². The van der Waals surface area contributed by atoms with Crippen molar-refractivity contribution in [1.29, 1.82) is 0 Å². The van der Waals surface area contributed by atoms with Crippen molar-refractivity contribution < 1.29 is 9.59 Å². The zero-order chi connectivity index (χ0) is 24.4. The summed E-state index contributed by atoms with van der Waals surface area (Å²) in [5, 5.41) is 0. The molecule has 5 heteroatoms. The normalized spacial score (nSPS) is 24.1. The van der Waals surface area contributed by atoms with Gasteiger partial charge in [-0.2, -0.15) is 0 Å². The van der Waals surface area contributed by atoms with Crippen molar-refractivity contribution in [2.24, 2.45) is 11.7 Å². The van der Waals surface area contributed by atoms with Gasteiger partial charge in [0.05, 0.1) is 0 Å². The molecule has 1 heterocycles. The third-order valence-corrected chi connectivity index (χ3v) is 8.81. The molecule has 2 amide bonds. The first-order valence-corrected chi connectivity index (χ1v) is 13.6. The van der Waals surface area contributed by atoms with Crippen molar-refractivity contribution in [2.75, 3.05) is 23.4 Å². The summed E-state index contributed by atoms with van der Waals surface area (Å²) in [6.45, 7) is 0.660. The van der Waals surface area contributed by atoms with E-state index >= 15 is 0 Å². The number of benzene rings is 2. The van der Waals surface area contributed by atoms with Gasteiger partial charge in [-0.3, -0.25) is 9.59 Å². The van der Waals surface area contributed by atoms with Crippen LogP contribution < -0.4 is 15.5 Å². The van der Waals surface area contributed by atoms with Gasteiger partial charge in [0.1, 0.15) is 5.54 Å². The molecule has 3 aliphatic rings. The molecule has 2 aliphatic carbocycles. The number of nitrogens with zero attached hydrogens (tertiary/aromatic N) is 2. The summed E-state index contributed by atoms with van der Waals surface area (Å²) in [7, 11) is 1.81. The summed E-state index contributed by atoms with van der Waals surface area (Å²) in [4.78, 5) is 30.0. The van der Waals surface area contributed by atoms with Gasteiger partial charge in [0.15, 0.2) is 0 Å². The molecule has 0 spiro atoms. The molecule has 1 unspecified atom stereocenters. The Morgan fingerprint density at radius 3 is 2.11 bits per heavy atom. The molecule has 2 N–H and O–H groups in total. The Kier molecular flexibility index (Phi) is 6.97. The van der Waals surface area contributed by atoms with Crippen LogP contribution in [0.25, 0.3) is 0 Å². The van der Waals surface area contributed by atoms with Crippen LogP contribution in [-0.2, 0) is 4.79 Å². The minimum Gasteiger partial charge on any atom is -0.317 e. The Bertz CT molecular complexity index is 1040. The molecule has 0 radical (unpaired) electrons. The quantitative estimate of drug-likeness (QED) is 0.577. The maximum atomic E-state index is 13.3. The molecular weight excluding hydrogens is 434 g/mol. The summed E-state index contributed by atoms with van der Waals surface area (Å²) in [6.07, 6.45) is 12.9. The lowest BCUT2D eigenvalue weighted by atomic mass is 9.74. The van der Waals surface area contributed by atoms with Crippen LogP contribution in [0.5, 0.6) is 0 Å². The highest BCUT2D eigenvalue weighted by molar-refractivity contribution is 6.06. The third kappa shape index (κ3) is 4.75. The number of hydrogen-bond acceptors (Lipinski definition) is 3. The standard InChI is InChI=1S/C30H39N3O2/c1-32(28(34)24-14-12-23(13-15-24)22-8-4-2-5-9-22)26-16-18-27(19-17-26)33-21-20-30(31,29(33)35)25-10-6-3-7-11-25/h12-19,22,25H,2-11,20-21,31H2,1H3. The number of carbonyl (C=O) groups is 2. The fourth-order valence-corrected chi connectivity index (χ4v) is 6.50. The number of hydrogen-bond donors (Lipinski definition) is 1. The van der Waals surface area contributed by atoms with E-state index in [1.54, 1.807) is 11.9 Å². The molecule has 5 nitrogen and oxygen atoms in total. The van der Waals surface area contributed by atoms with Crippen LogP contribution in [0.3, 0.4) is 0 Å². The Morgan fingerprint density at radius 1 is 0.886 bits per heavy atom. The average Bonchev–Trinajstić information content (AvgIpc) is 3.24. The molecule has 186 valence electrons. The van der Waals surface area contributed by atoms with Gasteiger partial charge in [-0.25, -0.2) is 0 Å². The third-order valence-electron chi connectivity index (χ3n) is 8.81. The van der Waals surface area contributed by atoms with Crippen molar-refractivity contribution in [3.63, 3.8) is 0 Å². The molecule has 35 heavy (non-hydrogen) atoms. The fraction of sp³-hybridized carbons (Fsp3) is 0.533. The van der Waals surface area contributed by atoms with Crippen LogP contribution in [0, 0.1) is 5.92 Å². The predicted octanol–water partition coefficient (Wildman–Crippen LogP) is 6.03. The van der Waals surface area contributed by atoms with E-state index in [-0.39, 0.29) is 11.8 Å². The second-order valence-electron chi connectivity index (χ2n) is 10.9. The zero-order valence-corrected chi connectivity index (χ0v) is 21.0. The molecule has 1 aliphatic heterocycles. The first kappa shape index (κ1) is 24.1. The van der Waals surface area contributed by atoms with Gasteiger partial charge >= 0.3 is 0 Å². The lowest BCUT2D eigenvalue weighted by molar-refractivity contribution is -0.123. The van der Waals surface area contributed by atoms with E-state index in [1.165, 1.54) is 56.9 Å². The van der Waals surface area contributed by atoms with Crippen LogP contribution in [0.1, 0.15) is 92.5 Å². The smallest absolute Gasteiger partial charge is 0.258 e. The number of carbonyl (C=O) groups excluding carboxylic acids is 2. The van der Waals surface area contributed by atoms with Crippen molar-refractivity contribution in [3.05, 3.63) is 59.7 Å². The minimum atomic E-state index is -0.727. The Morgan fingerprint density at radius 2 is 1.49 bits per heavy atom. The topological polar surface area (TPSA) is 66.6 Å². The van der Waals surface area contributed by atoms with Crippen LogP contribution in [-0.4, -0.2) is 30.9 Å². The number of amides is 2. The van der Waals surface area contributed by atoms with Crippen LogP contribution in [0.4, 0.5) is 11.4 Å². The van der Waals surface area contributed by atoms with Crippen LogP contribution in [0.15, 0.2) is 48.5 Å². The molecule has 0 aromatic heterocycles. The lowest BCUT2D eigenvalue weighted by Gasteiger charge is -2.35. The zero-order valence-electron chi connectivity index (χ0n) is 21.0. The monoisotopic (exact) mass is 473 g/mol. The minimum absolute atomic E-state index is 0.0246. The average molecular weight is 474 g/mol. The van der Waals surface area contributed by atoms with E-state index in [4.69, 9.17) is 5.73 Å². The van der Waals surface area contributed by atoms with Crippen molar-refractivity contribution >= 4 is 23.2 Å². The molecule has 2 aromatic carbocycles. The van der Waals surface area contributed by atoms with Crippen molar-refractivity contribution in [3.8, 4) is 0 Å². The first-order chi connectivity index (χ1) is 17.0. The summed E-state index contributed by atoms with van der Waals surface area (Å²) in [5.41, 5.74) is 9.70. The molecule has 1 saturated heterocycles. The Hall–Kier alpha value is -2.66. The van der Waals surface area contributed by atoms with E-state index in [2.05, 4.69) is 12.1 Å². The summed E-state index contributed by atoms with van der Waals surface area (Å²) >= 11 is 0. The second kappa shape index (κ2) is 10.1. The molecule has 2 saturated carbocycles. The van der Waals surface area contributed by atoms with Crippen molar-refractivity contribution in [2.45, 2.75) is 82.1 Å². The number of nitrogens with two attached hydrogens (primary N) is 1. The van der Waals surface area contributed by atoms with E-state index < -0.39 is 5.54 Å². The molecule has 1 atom stereocenters. The molecule has 3 fully saturated rings. The van der Waals surface area contributed by atoms with Gasteiger partial charge in [-0.15, -0.1) is 0 Å². The van der Waals surface area contributed by atoms with E-state index in [0.717, 1.165) is 24.2 Å². The van der Waals surface area contributed by atoms with Gasteiger partial charge in [0, 0.05) is 30.5 Å². The predicted molar refractivity (Wildman–Crippen MR) is 142 cm³/mol. The fourth-order valence-electron chi connectivity index (χ4n) is 6.50. The second-order valence-corrected chi connectivity index (χ2v) is 10.9. The lowest BCUT2D eigenvalue weighted by Crippen LogP contribution is -2.54. The first-order valence-electron chi connectivity index (χ1n) is 13.6. The van der Waals surface area contributed by atoms with Crippen molar-refractivity contribution in [1.82, 2.24) is 0 Å². The molecule has 2 aromatic rings. The van der Waals surface area contributed by atoms with E-state index in [9.17, 15) is 9.59 Å². The maximum Gasteiger partial charge on any atom is 0.258 e. The van der Waals surface area contributed by atoms with E-state index in [1.807, 2.05) is 41.3 Å². The molecular formula is C30H39N3O2. The SMILES string of the molecule is CN(C(=O)c1ccc(C2CCCCC2)cc1)c1ccc(N2CCC(N)(C3CCCCC3)C2=O)cc1. The maximum absolute atomic E-state index is 13.3. The Balaban J connectivity index is 1.24. The van der Waals surface area contributed by atoms with Gasteiger partial charge in [-0.1, -0.05) is 50.7 Å². The van der Waals surface area contributed by atoms with Gasteiger partial charge < -0.3 is 15.5 Å². The summed E-state index contributed by atoms with van der Waals surface area (Å²) in [5.74, 6) is 0.959. The van der Waals surface area contributed by atoms with Gasteiger partial charge in [-0.05, 0) is 85.9 Å². The van der Waals surface area contributed by atoms with E-state index in [0.29, 0.717) is 30.4 Å². The molecule has 5 rings (SSSR count). The highest BCUT2D eigenvalue weighted by Crippen LogP contribution is 2.39.